The summed E-state index contributed by atoms with van der Waals surface area (Å²) < 4.78 is 46.7. The lowest BCUT2D eigenvalue weighted by Crippen LogP contribution is -2.34. The largest absolute Gasteiger partial charge is 0.485 e. The van der Waals surface area contributed by atoms with Gasteiger partial charge in [-0.3, -0.25) is 0 Å². The third-order valence-corrected chi connectivity index (χ3v) is 5.00. The maximum atomic E-state index is 13.2. The summed E-state index contributed by atoms with van der Waals surface area (Å²) >= 11 is 5.96. The van der Waals surface area contributed by atoms with Crippen LogP contribution in [0.25, 0.3) is 22.4 Å². The molecule has 33 heavy (non-hydrogen) atoms. The van der Waals surface area contributed by atoms with Crippen molar-refractivity contribution in [1.82, 2.24) is 24.5 Å². The Balaban J connectivity index is 1.67. The van der Waals surface area contributed by atoms with Crippen LogP contribution in [0.15, 0.2) is 48.8 Å². The summed E-state index contributed by atoms with van der Waals surface area (Å²) in [6.07, 6.45) is -2.03. The van der Waals surface area contributed by atoms with Crippen LogP contribution in [-0.4, -0.2) is 40.2 Å². The van der Waals surface area contributed by atoms with Gasteiger partial charge in [0.15, 0.2) is 11.2 Å². The van der Waals surface area contributed by atoms with E-state index in [1.165, 1.54) is 10.8 Å². The number of benzene rings is 1. The molecule has 0 fully saturated rings. The minimum absolute atomic E-state index is 0.00940. The van der Waals surface area contributed by atoms with Crippen LogP contribution in [0.1, 0.15) is 31.1 Å². The first-order valence-corrected chi connectivity index (χ1v) is 10.2. The van der Waals surface area contributed by atoms with Gasteiger partial charge in [-0.05, 0) is 43.1 Å². The Morgan fingerprint density at radius 3 is 2.36 bits per heavy atom. The zero-order valence-corrected chi connectivity index (χ0v) is 18.3. The lowest BCUT2D eigenvalue weighted by molar-refractivity contribution is -0.140. The molecule has 12 heteroatoms. The number of fused-ring (bicyclic) bond motifs is 1. The topological polar surface area (TPSA) is 65.7 Å². The van der Waals surface area contributed by atoms with Gasteiger partial charge in [0.1, 0.15) is 21.5 Å². The Hall–Kier alpha value is -3.07. The van der Waals surface area contributed by atoms with Crippen molar-refractivity contribution in [1.29, 1.82) is 0 Å². The van der Waals surface area contributed by atoms with E-state index in [-0.39, 0.29) is 23.0 Å². The summed E-state index contributed by atoms with van der Waals surface area (Å²) in [6, 6.07) is 9.34. The number of hydrogen-bond acceptors (Lipinski definition) is 5. The van der Waals surface area contributed by atoms with Crippen molar-refractivity contribution >= 4 is 38.3 Å². The summed E-state index contributed by atoms with van der Waals surface area (Å²) in [6.45, 7) is 3.53. The van der Waals surface area contributed by atoms with Crippen LogP contribution in [0, 0.1) is 0 Å². The highest BCUT2D eigenvalue weighted by atomic mass is 35.5. The fourth-order valence-corrected chi connectivity index (χ4v) is 3.39. The van der Waals surface area contributed by atoms with E-state index < -0.39 is 17.3 Å². The maximum absolute atomic E-state index is 13.2. The summed E-state index contributed by atoms with van der Waals surface area (Å²) in [5.41, 5.74) is 0.586. The van der Waals surface area contributed by atoms with E-state index in [9.17, 15) is 13.2 Å². The van der Waals surface area contributed by atoms with Crippen molar-refractivity contribution in [2.24, 2.45) is 0 Å². The number of pyridine rings is 1. The maximum Gasteiger partial charge on any atom is 0.434 e. The van der Waals surface area contributed by atoms with E-state index in [0.717, 1.165) is 6.20 Å². The predicted molar refractivity (Wildman–Crippen MR) is 119 cm³/mol. The molecule has 0 spiro atoms. The minimum atomic E-state index is -4.55. The third kappa shape index (κ3) is 4.68. The molecule has 0 atom stereocenters. The lowest BCUT2D eigenvalue weighted by Gasteiger charge is -2.28. The summed E-state index contributed by atoms with van der Waals surface area (Å²) in [5.74, 6) is 0.159. The fraction of sp³-hybridized carbons (Fsp3) is 0.238. The minimum Gasteiger partial charge on any atom is -0.485 e. The molecular formula is C21H15B2ClF3N5O. The number of hydrogen-bond donors (Lipinski definition) is 0. The number of alkyl halides is 3. The van der Waals surface area contributed by atoms with Crippen molar-refractivity contribution in [3.8, 4) is 17.3 Å². The van der Waals surface area contributed by atoms with Crippen molar-refractivity contribution in [3.05, 3.63) is 65.3 Å². The SMILES string of the molecule is [B]C([B])(Oc1nc(Cl)nc2cccnc12)c1ccc(-c2nc(C(F)(F)F)cn2C(C)C)cc1. The summed E-state index contributed by atoms with van der Waals surface area (Å²) in [4.78, 5) is 16.1. The quantitative estimate of drug-likeness (QED) is 0.315. The van der Waals surface area contributed by atoms with Gasteiger partial charge in [-0.2, -0.15) is 18.2 Å². The second-order valence-corrected chi connectivity index (χ2v) is 7.93. The number of aromatic nitrogens is 5. The average Bonchev–Trinajstić information content (AvgIpc) is 3.20. The van der Waals surface area contributed by atoms with Crippen LogP contribution in [0.4, 0.5) is 13.2 Å². The van der Waals surface area contributed by atoms with Gasteiger partial charge in [0.05, 0.1) is 10.9 Å². The number of halogens is 4. The van der Waals surface area contributed by atoms with Gasteiger partial charge in [-0.15, -0.1) is 0 Å². The van der Waals surface area contributed by atoms with Crippen molar-refractivity contribution < 1.29 is 17.9 Å². The Labute approximate surface area is 195 Å². The highest BCUT2D eigenvalue weighted by Gasteiger charge is 2.35. The molecule has 0 aliphatic carbocycles. The molecule has 1 aromatic carbocycles. The summed E-state index contributed by atoms with van der Waals surface area (Å²) in [5, 5.41) is -1.91. The first-order valence-electron chi connectivity index (χ1n) is 9.78. The van der Waals surface area contributed by atoms with E-state index in [2.05, 4.69) is 19.9 Å². The molecule has 0 aliphatic heterocycles. The van der Waals surface area contributed by atoms with Gasteiger partial charge in [0, 0.05) is 24.0 Å². The molecule has 0 saturated heterocycles. The van der Waals surface area contributed by atoms with Crippen LogP contribution >= 0.6 is 11.6 Å². The molecule has 0 saturated carbocycles. The van der Waals surface area contributed by atoms with E-state index in [1.807, 2.05) is 0 Å². The molecular weight excluding hydrogens is 452 g/mol. The second kappa shape index (κ2) is 8.37. The van der Waals surface area contributed by atoms with Gasteiger partial charge in [0.25, 0.3) is 0 Å². The zero-order chi connectivity index (χ0) is 24.0. The molecule has 0 aliphatic rings. The Bertz CT molecular complexity index is 1310. The van der Waals surface area contributed by atoms with E-state index >= 15 is 0 Å². The molecule has 0 N–H and O–H groups in total. The number of ether oxygens (including phenoxy) is 1. The van der Waals surface area contributed by atoms with Gasteiger partial charge < -0.3 is 9.30 Å². The monoisotopic (exact) mass is 467 g/mol. The first kappa shape index (κ1) is 23.1. The highest BCUT2D eigenvalue weighted by Crippen LogP contribution is 2.33. The zero-order valence-electron chi connectivity index (χ0n) is 17.5. The van der Waals surface area contributed by atoms with Gasteiger partial charge in [-0.1, -0.05) is 24.3 Å². The first-order chi connectivity index (χ1) is 15.5. The molecule has 0 bridgehead atoms. The smallest absolute Gasteiger partial charge is 0.434 e. The predicted octanol–water partition coefficient (Wildman–Crippen LogP) is 4.67. The molecule has 4 radical (unpaired) electrons. The molecule has 6 nitrogen and oxygen atoms in total. The lowest BCUT2D eigenvalue weighted by atomic mass is 9.61. The second-order valence-electron chi connectivity index (χ2n) is 7.59. The highest BCUT2D eigenvalue weighted by molar-refractivity contribution is 6.39. The average molecular weight is 467 g/mol. The molecule has 164 valence electrons. The van der Waals surface area contributed by atoms with Crippen LogP contribution in [0.5, 0.6) is 5.88 Å². The number of rotatable bonds is 5. The molecule has 3 aromatic heterocycles. The molecule has 4 aromatic rings. The number of nitrogens with zero attached hydrogens (tertiary/aromatic N) is 5. The van der Waals surface area contributed by atoms with Crippen LogP contribution in [0.3, 0.4) is 0 Å². The molecule has 3 heterocycles. The Morgan fingerprint density at radius 1 is 1.03 bits per heavy atom. The van der Waals surface area contributed by atoms with Crippen LogP contribution in [-0.2, 0) is 11.6 Å². The summed E-state index contributed by atoms with van der Waals surface area (Å²) in [7, 11) is 12.4. The van der Waals surface area contributed by atoms with Crippen LogP contribution < -0.4 is 4.74 Å². The van der Waals surface area contributed by atoms with Gasteiger partial charge in [-0.25, -0.2) is 15.0 Å². The van der Waals surface area contributed by atoms with Crippen molar-refractivity contribution in [3.63, 3.8) is 0 Å². The number of imidazole rings is 1. The van der Waals surface area contributed by atoms with Crippen molar-refractivity contribution in [2.45, 2.75) is 31.5 Å². The van der Waals surface area contributed by atoms with Gasteiger partial charge >= 0.3 is 6.18 Å². The van der Waals surface area contributed by atoms with Crippen LogP contribution in [0.2, 0.25) is 5.28 Å². The molecule has 0 amide bonds. The fourth-order valence-electron chi connectivity index (χ4n) is 3.22. The third-order valence-electron chi connectivity index (χ3n) is 4.83. The molecule has 4 rings (SSSR count). The normalized spacial score (nSPS) is 12.5. The van der Waals surface area contributed by atoms with Gasteiger partial charge in [0.2, 0.25) is 11.2 Å². The standard InChI is InChI=1S/C21H15B2ClF3N5O/c1-11(2)32-10-15(21(25,26)27)30-17(32)12-5-7-13(8-6-12)20(22,23)33-18-16-14(4-3-9-28-16)29-19(24)31-18/h3-11H,1-2H3. The Morgan fingerprint density at radius 2 is 1.73 bits per heavy atom. The van der Waals surface area contributed by atoms with E-state index in [4.69, 9.17) is 32.0 Å². The van der Waals surface area contributed by atoms with Crippen molar-refractivity contribution in [2.75, 3.05) is 0 Å². The Kier molecular flexibility index (Phi) is 5.86. The van der Waals surface area contributed by atoms with E-state index in [1.54, 1.807) is 50.2 Å². The van der Waals surface area contributed by atoms with E-state index in [0.29, 0.717) is 22.2 Å². The molecule has 0 unspecified atom stereocenters.